The van der Waals surface area contributed by atoms with E-state index in [9.17, 15) is 0 Å². The van der Waals surface area contributed by atoms with E-state index in [1.807, 2.05) is 12.1 Å². The van der Waals surface area contributed by atoms with Gasteiger partial charge in [0, 0.05) is 5.56 Å². The Labute approximate surface area is 153 Å². The van der Waals surface area contributed by atoms with Crippen molar-refractivity contribution in [3.8, 4) is 11.4 Å². The van der Waals surface area contributed by atoms with E-state index < -0.39 is 0 Å². The van der Waals surface area contributed by atoms with E-state index in [-0.39, 0.29) is 5.41 Å². The van der Waals surface area contributed by atoms with Crippen LogP contribution in [0.5, 0.6) is 0 Å². The molecule has 3 aromatic rings. The number of H-pyrrole nitrogens is 1. The number of rotatable bonds is 3. The van der Waals surface area contributed by atoms with Crippen molar-refractivity contribution >= 4 is 18.4 Å². The molecule has 2 aromatic carbocycles. The highest BCUT2D eigenvalue weighted by atomic mass is 32.1. The van der Waals surface area contributed by atoms with Gasteiger partial charge < -0.3 is 0 Å². The summed E-state index contributed by atoms with van der Waals surface area (Å²) in [6, 6.07) is 16.5. The Bertz CT molecular complexity index is 939. The molecule has 0 amide bonds. The lowest BCUT2D eigenvalue weighted by Gasteiger charge is -2.18. The number of aromatic nitrogens is 3. The fraction of sp³-hybridized carbons (Fsp3) is 0.250. The summed E-state index contributed by atoms with van der Waals surface area (Å²) in [6.07, 6.45) is 1.79. The molecule has 0 aliphatic carbocycles. The summed E-state index contributed by atoms with van der Waals surface area (Å²) in [7, 11) is 0. The first-order valence-corrected chi connectivity index (χ1v) is 8.65. The molecule has 1 aromatic heterocycles. The van der Waals surface area contributed by atoms with E-state index in [2.05, 4.69) is 79.4 Å². The first-order valence-electron chi connectivity index (χ1n) is 8.24. The third-order valence-electron chi connectivity index (χ3n) is 4.06. The van der Waals surface area contributed by atoms with Gasteiger partial charge in [-0.3, -0.25) is 0 Å². The van der Waals surface area contributed by atoms with Crippen molar-refractivity contribution in [2.75, 3.05) is 0 Å². The van der Waals surface area contributed by atoms with Crippen LogP contribution in [-0.4, -0.2) is 21.1 Å². The molecular formula is C20H22N4S. The maximum atomic E-state index is 5.33. The fourth-order valence-electron chi connectivity index (χ4n) is 2.48. The Balaban J connectivity index is 1.94. The summed E-state index contributed by atoms with van der Waals surface area (Å²) in [6.45, 7) is 8.66. The maximum absolute atomic E-state index is 5.33. The monoisotopic (exact) mass is 350 g/mol. The highest BCUT2D eigenvalue weighted by molar-refractivity contribution is 7.71. The summed E-state index contributed by atoms with van der Waals surface area (Å²) < 4.78 is 2.12. The van der Waals surface area contributed by atoms with E-state index >= 15 is 0 Å². The van der Waals surface area contributed by atoms with Crippen molar-refractivity contribution in [3.05, 3.63) is 70.0 Å². The van der Waals surface area contributed by atoms with E-state index in [1.54, 1.807) is 10.9 Å². The third-order valence-corrected chi connectivity index (χ3v) is 4.32. The maximum Gasteiger partial charge on any atom is 0.216 e. The molecular weight excluding hydrogens is 328 g/mol. The van der Waals surface area contributed by atoms with Gasteiger partial charge in [-0.15, -0.1) is 0 Å². The second-order valence-electron chi connectivity index (χ2n) is 7.15. The quantitative estimate of drug-likeness (QED) is 0.528. The zero-order valence-corrected chi connectivity index (χ0v) is 15.8. The Morgan fingerprint density at radius 1 is 1.04 bits per heavy atom. The Kier molecular flexibility index (Phi) is 4.68. The molecule has 0 bridgehead atoms. The Hall–Kier alpha value is -2.53. The van der Waals surface area contributed by atoms with Crippen LogP contribution in [0.15, 0.2) is 53.6 Å². The van der Waals surface area contributed by atoms with Gasteiger partial charge >= 0.3 is 0 Å². The highest BCUT2D eigenvalue weighted by Gasteiger charge is 2.14. The Morgan fingerprint density at radius 2 is 1.68 bits per heavy atom. The summed E-state index contributed by atoms with van der Waals surface area (Å²) in [4.78, 5) is 0. The van der Waals surface area contributed by atoms with Crippen LogP contribution in [0, 0.1) is 11.7 Å². The zero-order valence-electron chi connectivity index (χ0n) is 14.9. The second kappa shape index (κ2) is 6.76. The number of nitrogens with zero attached hydrogens (tertiary/aromatic N) is 3. The fourth-order valence-corrected chi connectivity index (χ4v) is 2.66. The number of nitrogens with one attached hydrogen (secondary N) is 1. The molecule has 0 saturated carbocycles. The molecule has 128 valence electrons. The minimum Gasteiger partial charge on any atom is -0.250 e. The normalized spacial score (nSPS) is 12.0. The lowest BCUT2D eigenvalue weighted by atomic mass is 9.87. The number of hydrogen-bond donors (Lipinski definition) is 1. The van der Waals surface area contributed by atoms with Gasteiger partial charge in [0.2, 0.25) is 4.77 Å². The van der Waals surface area contributed by atoms with E-state index in [0.717, 1.165) is 11.1 Å². The lowest BCUT2D eigenvalue weighted by Crippen LogP contribution is -2.10. The van der Waals surface area contributed by atoms with Crippen molar-refractivity contribution in [1.82, 2.24) is 14.9 Å². The van der Waals surface area contributed by atoms with E-state index in [4.69, 9.17) is 12.2 Å². The minimum atomic E-state index is 0.118. The summed E-state index contributed by atoms with van der Waals surface area (Å²) in [5.74, 6) is 0.703. The van der Waals surface area contributed by atoms with Crippen LogP contribution in [0.2, 0.25) is 0 Å². The SMILES string of the molecule is Cc1ccc(/C=N\n2c(-c3ccc(C(C)(C)C)cc3)n[nH]c2=S)cc1. The van der Waals surface area contributed by atoms with Crippen LogP contribution in [0.1, 0.15) is 37.5 Å². The van der Waals surface area contributed by atoms with Crippen LogP contribution in [-0.2, 0) is 5.41 Å². The van der Waals surface area contributed by atoms with Crippen LogP contribution < -0.4 is 0 Å². The van der Waals surface area contributed by atoms with Crippen LogP contribution in [0.4, 0.5) is 0 Å². The minimum absolute atomic E-state index is 0.118. The Morgan fingerprint density at radius 3 is 2.28 bits per heavy atom. The molecule has 0 atom stereocenters. The topological polar surface area (TPSA) is 46.0 Å². The van der Waals surface area contributed by atoms with E-state index in [1.165, 1.54) is 11.1 Å². The van der Waals surface area contributed by atoms with Crippen molar-refractivity contribution in [3.63, 3.8) is 0 Å². The predicted molar refractivity (Wildman–Crippen MR) is 106 cm³/mol. The second-order valence-corrected chi connectivity index (χ2v) is 7.53. The summed E-state index contributed by atoms with van der Waals surface area (Å²) in [5, 5.41) is 11.7. The van der Waals surface area contributed by atoms with Gasteiger partial charge in [-0.25, -0.2) is 5.10 Å². The standard InChI is InChI=1S/C20H22N4S/c1-14-5-7-15(8-6-14)13-21-24-18(22-23-19(24)25)16-9-11-17(12-10-16)20(2,3)4/h5-13H,1-4H3,(H,23,25)/b21-13-. The first kappa shape index (κ1) is 17.3. The molecule has 5 heteroatoms. The third kappa shape index (κ3) is 3.94. The van der Waals surface area contributed by atoms with Crippen molar-refractivity contribution in [2.24, 2.45) is 5.10 Å². The summed E-state index contributed by atoms with van der Waals surface area (Å²) >= 11 is 5.33. The van der Waals surface area contributed by atoms with Gasteiger partial charge in [0.25, 0.3) is 0 Å². The summed E-state index contributed by atoms with van der Waals surface area (Å²) in [5.41, 5.74) is 4.60. The molecule has 0 aliphatic heterocycles. The molecule has 0 fully saturated rings. The molecule has 0 radical (unpaired) electrons. The van der Waals surface area contributed by atoms with Gasteiger partial charge in [0.05, 0.1) is 6.21 Å². The number of aromatic amines is 1. The number of aryl methyl sites for hydroxylation is 1. The molecule has 1 heterocycles. The highest BCUT2D eigenvalue weighted by Crippen LogP contribution is 2.25. The molecule has 0 saturated heterocycles. The van der Waals surface area contributed by atoms with Gasteiger partial charge in [0.1, 0.15) is 0 Å². The van der Waals surface area contributed by atoms with Crippen LogP contribution in [0.3, 0.4) is 0 Å². The average molecular weight is 350 g/mol. The van der Waals surface area contributed by atoms with Crippen molar-refractivity contribution in [2.45, 2.75) is 33.1 Å². The van der Waals surface area contributed by atoms with E-state index in [0.29, 0.717) is 10.6 Å². The molecule has 3 rings (SSSR count). The molecule has 4 nitrogen and oxygen atoms in total. The zero-order chi connectivity index (χ0) is 18.0. The molecule has 25 heavy (non-hydrogen) atoms. The van der Waals surface area contributed by atoms with Crippen molar-refractivity contribution in [1.29, 1.82) is 0 Å². The predicted octanol–water partition coefficient (Wildman–Crippen LogP) is 5.10. The molecule has 0 spiro atoms. The van der Waals surface area contributed by atoms with Gasteiger partial charge in [0.15, 0.2) is 5.82 Å². The molecule has 1 N–H and O–H groups in total. The number of hydrogen-bond acceptors (Lipinski definition) is 3. The largest absolute Gasteiger partial charge is 0.250 e. The smallest absolute Gasteiger partial charge is 0.216 e. The van der Waals surface area contributed by atoms with Crippen LogP contribution in [0.25, 0.3) is 11.4 Å². The molecule has 0 aliphatic rings. The molecule has 0 unspecified atom stereocenters. The lowest BCUT2D eigenvalue weighted by molar-refractivity contribution is 0.590. The average Bonchev–Trinajstić information content (AvgIpc) is 2.94. The van der Waals surface area contributed by atoms with Crippen LogP contribution >= 0.6 is 12.2 Å². The first-order chi connectivity index (χ1) is 11.8. The van der Waals surface area contributed by atoms with Crippen molar-refractivity contribution < 1.29 is 0 Å². The number of benzene rings is 2. The van der Waals surface area contributed by atoms with Gasteiger partial charge in [-0.2, -0.15) is 14.9 Å². The van der Waals surface area contributed by atoms with Gasteiger partial charge in [-0.05, 0) is 35.7 Å². The van der Waals surface area contributed by atoms with Gasteiger partial charge in [-0.1, -0.05) is 74.9 Å².